The van der Waals surface area contributed by atoms with Gasteiger partial charge in [0.2, 0.25) is 0 Å². The van der Waals surface area contributed by atoms with Crippen LogP contribution in [0.15, 0.2) is 29.8 Å². The zero-order chi connectivity index (χ0) is 12.3. The van der Waals surface area contributed by atoms with Crippen LogP contribution in [0.5, 0.6) is 0 Å². The van der Waals surface area contributed by atoms with Crippen molar-refractivity contribution in [2.75, 3.05) is 0 Å². The lowest BCUT2D eigenvalue weighted by Crippen LogP contribution is -2.02. The highest BCUT2D eigenvalue weighted by Crippen LogP contribution is 2.23. The van der Waals surface area contributed by atoms with Crippen molar-refractivity contribution in [2.45, 2.75) is 13.5 Å². The summed E-state index contributed by atoms with van der Waals surface area (Å²) in [6.45, 7) is 2.69. The Kier molecular flexibility index (Phi) is 3.39. The van der Waals surface area contributed by atoms with Gasteiger partial charge in [-0.25, -0.2) is 4.79 Å². The number of hydrogen-bond acceptors (Lipinski definition) is 3. The van der Waals surface area contributed by atoms with Crippen LogP contribution in [-0.4, -0.2) is 20.9 Å². The van der Waals surface area contributed by atoms with E-state index in [1.54, 1.807) is 29.1 Å². The molecule has 0 aromatic carbocycles. The molecule has 4 nitrogen and oxygen atoms in total. The monoisotopic (exact) mass is 248 g/mol. The summed E-state index contributed by atoms with van der Waals surface area (Å²) in [5.41, 5.74) is 1.11. The average Bonchev–Trinajstić information content (AvgIpc) is 2.96. The van der Waals surface area contributed by atoms with Crippen molar-refractivity contribution < 1.29 is 9.90 Å². The highest BCUT2D eigenvalue weighted by molar-refractivity contribution is 7.11. The lowest BCUT2D eigenvalue weighted by Gasteiger charge is -2.02. The topological polar surface area (TPSA) is 55.1 Å². The Balaban J connectivity index is 2.44. The third-order valence-electron chi connectivity index (χ3n) is 2.36. The Morgan fingerprint density at radius 3 is 3.00 bits per heavy atom. The van der Waals surface area contributed by atoms with E-state index >= 15 is 0 Å². The second-order valence-electron chi connectivity index (χ2n) is 3.41. The van der Waals surface area contributed by atoms with E-state index in [1.807, 2.05) is 18.4 Å². The highest BCUT2D eigenvalue weighted by atomic mass is 32.1. The summed E-state index contributed by atoms with van der Waals surface area (Å²) in [5, 5.41) is 15.2. The summed E-state index contributed by atoms with van der Waals surface area (Å²) < 4.78 is 1.76. The quantitative estimate of drug-likeness (QED) is 0.846. The molecule has 0 fully saturated rings. The maximum absolute atomic E-state index is 11.2. The second kappa shape index (κ2) is 4.97. The molecule has 2 heterocycles. The van der Waals surface area contributed by atoms with E-state index in [0.717, 1.165) is 17.1 Å². The summed E-state index contributed by atoms with van der Waals surface area (Å²) in [6, 6.07) is 5.45. The minimum Gasteiger partial charge on any atom is -0.478 e. The molecule has 0 unspecified atom stereocenters. The van der Waals surface area contributed by atoms with E-state index in [2.05, 4.69) is 5.10 Å². The van der Waals surface area contributed by atoms with Gasteiger partial charge in [-0.2, -0.15) is 5.10 Å². The molecule has 0 spiro atoms. The minimum absolute atomic E-state index is 0.301. The number of carboxylic acids is 1. The largest absolute Gasteiger partial charge is 0.478 e. The standard InChI is InChI=1S/C12H12N2O2S/c1-2-14-9(5-6-13-14)8-10(12(15)16)11-4-3-7-17-11/h3-8H,2H2,1H3,(H,15,16)/b10-8+. The number of aromatic nitrogens is 2. The first-order chi connectivity index (χ1) is 8.22. The van der Waals surface area contributed by atoms with Gasteiger partial charge in [-0.15, -0.1) is 11.3 Å². The van der Waals surface area contributed by atoms with E-state index in [1.165, 1.54) is 11.3 Å². The van der Waals surface area contributed by atoms with Crippen LogP contribution in [0.2, 0.25) is 0 Å². The van der Waals surface area contributed by atoms with E-state index in [9.17, 15) is 9.90 Å². The molecule has 88 valence electrons. The number of carboxylic acid groups (broad SMARTS) is 1. The molecule has 0 saturated carbocycles. The van der Waals surface area contributed by atoms with Crippen LogP contribution >= 0.6 is 11.3 Å². The van der Waals surface area contributed by atoms with Gasteiger partial charge in [0, 0.05) is 17.6 Å². The lowest BCUT2D eigenvalue weighted by atomic mass is 10.2. The van der Waals surface area contributed by atoms with Gasteiger partial charge < -0.3 is 5.11 Å². The predicted octanol–water partition coefficient (Wildman–Crippen LogP) is 2.59. The van der Waals surface area contributed by atoms with E-state index in [-0.39, 0.29) is 0 Å². The molecule has 2 aromatic heterocycles. The van der Waals surface area contributed by atoms with Crippen molar-refractivity contribution in [3.05, 3.63) is 40.3 Å². The molecule has 17 heavy (non-hydrogen) atoms. The van der Waals surface area contributed by atoms with E-state index in [0.29, 0.717) is 5.57 Å². The number of aryl methyl sites for hydroxylation is 1. The molecule has 0 saturated heterocycles. The molecular weight excluding hydrogens is 236 g/mol. The van der Waals surface area contributed by atoms with Crippen molar-refractivity contribution >= 4 is 29.0 Å². The zero-order valence-electron chi connectivity index (χ0n) is 9.33. The average molecular weight is 248 g/mol. The molecule has 1 N–H and O–H groups in total. The maximum Gasteiger partial charge on any atom is 0.337 e. The fourth-order valence-corrected chi connectivity index (χ4v) is 2.28. The summed E-state index contributed by atoms with van der Waals surface area (Å²) in [4.78, 5) is 12.0. The van der Waals surface area contributed by atoms with E-state index in [4.69, 9.17) is 0 Å². The van der Waals surface area contributed by atoms with E-state index < -0.39 is 5.97 Å². The van der Waals surface area contributed by atoms with Gasteiger partial charge in [-0.3, -0.25) is 4.68 Å². The Hall–Kier alpha value is -1.88. The molecule has 2 rings (SSSR count). The van der Waals surface area contributed by atoms with Crippen LogP contribution in [0.4, 0.5) is 0 Å². The summed E-state index contributed by atoms with van der Waals surface area (Å²) >= 11 is 1.42. The fraction of sp³-hybridized carbons (Fsp3) is 0.167. The number of carbonyl (C=O) groups is 1. The van der Waals surface area contributed by atoms with Gasteiger partial charge in [0.15, 0.2) is 0 Å². The molecule has 5 heteroatoms. The smallest absolute Gasteiger partial charge is 0.337 e. The summed E-state index contributed by atoms with van der Waals surface area (Å²) in [5.74, 6) is -0.920. The van der Waals surface area contributed by atoms with Gasteiger partial charge in [0.05, 0.1) is 11.3 Å². The normalized spacial score (nSPS) is 11.7. The number of thiophene rings is 1. The molecule has 0 aliphatic carbocycles. The molecule has 0 amide bonds. The Bertz CT molecular complexity index is 541. The molecule has 2 aromatic rings. The van der Waals surface area contributed by atoms with Gasteiger partial charge in [-0.1, -0.05) is 6.07 Å². The fourth-order valence-electron chi connectivity index (χ4n) is 1.55. The Morgan fingerprint density at radius 1 is 1.59 bits per heavy atom. The third kappa shape index (κ3) is 2.45. The van der Waals surface area contributed by atoms with Crippen molar-refractivity contribution in [1.29, 1.82) is 0 Å². The molecular formula is C12H12N2O2S. The SMILES string of the molecule is CCn1nccc1/C=C(/C(=O)O)c1cccs1. The first-order valence-electron chi connectivity index (χ1n) is 5.23. The van der Waals surface area contributed by atoms with Gasteiger partial charge in [0.25, 0.3) is 0 Å². The lowest BCUT2D eigenvalue weighted by molar-refractivity contribution is -0.130. The summed E-state index contributed by atoms with van der Waals surface area (Å²) in [7, 11) is 0. The second-order valence-corrected chi connectivity index (χ2v) is 4.36. The third-order valence-corrected chi connectivity index (χ3v) is 3.26. The van der Waals surface area contributed by atoms with Crippen molar-refractivity contribution in [3.63, 3.8) is 0 Å². The first kappa shape index (κ1) is 11.6. The van der Waals surface area contributed by atoms with Gasteiger partial charge in [-0.05, 0) is 30.5 Å². The van der Waals surface area contributed by atoms with Crippen LogP contribution in [0.3, 0.4) is 0 Å². The predicted molar refractivity (Wildman–Crippen MR) is 67.7 cm³/mol. The Labute approximate surface area is 103 Å². The minimum atomic E-state index is -0.920. The molecule has 0 atom stereocenters. The number of aliphatic carboxylic acids is 1. The molecule has 0 bridgehead atoms. The summed E-state index contributed by atoms with van der Waals surface area (Å²) in [6.07, 6.45) is 3.33. The molecule has 0 radical (unpaired) electrons. The molecule has 0 aliphatic rings. The zero-order valence-corrected chi connectivity index (χ0v) is 10.1. The van der Waals surface area contributed by atoms with Crippen LogP contribution in [0, 0.1) is 0 Å². The highest BCUT2D eigenvalue weighted by Gasteiger charge is 2.12. The van der Waals surface area contributed by atoms with Crippen molar-refractivity contribution in [1.82, 2.24) is 9.78 Å². The van der Waals surface area contributed by atoms with Gasteiger partial charge >= 0.3 is 5.97 Å². The van der Waals surface area contributed by atoms with Crippen LogP contribution in [0.25, 0.3) is 11.6 Å². The maximum atomic E-state index is 11.2. The number of hydrogen-bond donors (Lipinski definition) is 1. The van der Waals surface area contributed by atoms with Crippen molar-refractivity contribution in [2.24, 2.45) is 0 Å². The Morgan fingerprint density at radius 2 is 2.41 bits per heavy atom. The molecule has 0 aliphatic heterocycles. The van der Waals surface area contributed by atoms with Crippen LogP contribution < -0.4 is 0 Å². The number of nitrogens with zero attached hydrogens (tertiary/aromatic N) is 2. The number of rotatable bonds is 4. The van der Waals surface area contributed by atoms with Crippen LogP contribution in [-0.2, 0) is 11.3 Å². The first-order valence-corrected chi connectivity index (χ1v) is 6.11. The van der Waals surface area contributed by atoms with Crippen molar-refractivity contribution in [3.8, 4) is 0 Å². The van der Waals surface area contributed by atoms with Crippen LogP contribution in [0.1, 0.15) is 17.5 Å². The van der Waals surface area contributed by atoms with Gasteiger partial charge in [0.1, 0.15) is 0 Å².